The van der Waals surface area contributed by atoms with Crippen molar-refractivity contribution in [2.75, 3.05) is 0 Å². The molecule has 2 aliphatic rings. The van der Waals surface area contributed by atoms with Crippen LogP contribution in [0, 0.1) is 29.0 Å². The molecule has 0 aromatic carbocycles. The van der Waals surface area contributed by atoms with Crippen molar-refractivity contribution in [3.63, 3.8) is 0 Å². The van der Waals surface area contributed by atoms with Crippen LogP contribution < -0.4 is 5.32 Å². The molecule has 6 heteroatoms. The summed E-state index contributed by atoms with van der Waals surface area (Å²) in [5, 5.41) is 3.27. The largest absolute Gasteiger partial charge is 0.349 e. The molecule has 1 unspecified atom stereocenters. The minimum Gasteiger partial charge on any atom is -0.349 e. The molecule has 2 heterocycles. The van der Waals surface area contributed by atoms with Gasteiger partial charge in [-0.05, 0) is 42.1 Å². The number of amides is 1. The highest BCUT2D eigenvalue weighted by Gasteiger charge is 2.54. The van der Waals surface area contributed by atoms with E-state index in [-0.39, 0.29) is 17.1 Å². The van der Waals surface area contributed by atoms with Gasteiger partial charge in [0.1, 0.15) is 5.69 Å². The highest BCUT2D eigenvalue weighted by molar-refractivity contribution is 6.30. The van der Waals surface area contributed by atoms with Crippen molar-refractivity contribution in [1.29, 1.82) is 0 Å². The summed E-state index contributed by atoms with van der Waals surface area (Å²) in [4.78, 5) is 19.3. The molecule has 2 N–H and O–H groups in total. The molecule has 2 bridgehead atoms. The van der Waals surface area contributed by atoms with Gasteiger partial charge >= 0.3 is 0 Å². The molecule has 2 aromatic rings. The van der Waals surface area contributed by atoms with Crippen LogP contribution in [-0.4, -0.2) is 21.9 Å². The van der Waals surface area contributed by atoms with Crippen LogP contribution in [0.4, 0.5) is 4.39 Å². The summed E-state index contributed by atoms with van der Waals surface area (Å²) in [6.45, 7) is 6.87. The number of halogens is 2. The maximum absolute atomic E-state index is 14.0. The Morgan fingerprint density at radius 2 is 2.25 bits per heavy atom. The zero-order chi connectivity index (χ0) is 17.2. The minimum absolute atomic E-state index is 0.183. The van der Waals surface area contributed by atoms with Gasteiger partial charge in [-0.2, -0.15) is 0 Å². The quantitative estimate of drug-likeness (QED) is 0.800. The first-order chi connectivity index (χ1) is 11.3. The molecule has 2 fully saturated rings. The number of rotatable bonds is 2. The van der Waals surface area contributed by atoms with Gasteiger partial charge in [-0.15, -0.1) is 0 Å². The molecule has 4 rings (SSSR count). The van der Waals surface area contributed by atoms with Crippen LogP contribution in [0.15, 0.2) is 12.3 Å². The lowest BCUT2D eigenvalue weighted by Gasteiger charge is -2.39. The Balaban J connectivity index is 1.57. The second kappa shape index (κ2) is 5.19. The predicted molar refractivity (Wildman–Crippen MR) is 91.5 cm³/mol. The fourth-order valence-electron chi connectivity index (χ4n) is 5.08. The maximum Gasteiger partial charge on any atom is 0.267 e. The van der Waals surface area contributed by atoms with E-state index in [2.05, 4.69) is 36.1 Å². The number of hydrogen-bond donors (Lipinski definition) is 2. The normalized spacial score (nSPS) is 30.9. The summed E-state index contributed by atoms with van der Waals surface area (Å²) < 4.78 is 14.0. The van der Waals surface area contributed by atoms with E-state index in [1.807, 2.05) is 0 Å². The van der Waals surface area contributed by atoms with Crippen LogP contribution in [0.2, 0.25) is 5.15 Å². The number of aromatic amines is 1. The van der Waals surface area contributed by atoms with Crippen molar-refractivity contribution < 1.29 is 9.18 Å². The number of nitrogens with zero attached hydrogens (tertiary/aromatic N) is 1. The van der Waals surface area contributed by atoms with E-state index in [1.165, 1.54) is 18.7 Å². The van der Waals surface area contributed by atoms with Gasteiger partial charge in [0.25, 0.3) is 5.91 Å². The van der Waals surface area contributed by atoms with E-state index in [0.29, 0.717) is 39.8 Å². The Labute approximate surface area is 145 Å². The third-order valence-corrected chi connectivity index (χ3v) is 6.44. The van der Waals surface area contributed by atoms with Crippen LogP contribution in [-0.2, 0) is 0 Å². The molecule has 2 aliphatic carbocycles. The Hall–Kier alpha value is -1.62. The van der Waals surface area contributed by atoms with Gasteiger partial charge in [0, 0.05) is 11.4 Å². The molecule has 24 heavy (non-hydrogen) atoms. The second-order valence-electron chi connectivity index (χ2n) is 8.03. The zero-order valence-corrected chi connectivity index (χ0v) is 14.7. The van der Waals surface area contributed by atoms with Crippen molar-refractivity contribution in [3.8, 4) is 0 Å². The summed E-state index contributed by atoms with van der Waals surface area (Å²) in [5.74, 6) is 0.848. The van der Waals surface area contributed by atoms with Crippen LogP contribution in [0.5, 0.6) is 0 Å². The van der Waals surface area contributed by atoms with E-state index >= 15 is 0 Å². The first-order valence-electron chi connectivity index (χ1n) is 8.41. The number of aromatic nitrogens is 2. The number of carbonyl (C=O) groups excluding carboxylic acids is 1. The lowest BCUT2D eigenvalue weighted by molar-refractivity contribution is 0.0832. The first kappa shape index (κ1) is 15.9. The molecule has 4 atom stereocenters. The summed E-state index contributed by atoms with van der Waals surface area (Å²) in [6.07, 6.45) is 3.77. The third kappa shape index (κ3) is 2.25. The van der Waals surface area contributed by atoms with Gasteiger partial charge in [0.05, 0.1) is 11.7 Å². The molecular formula is C18H21ClFN3O. The molecule has 0 aliphatic heterocycles. The number of pyridine rings is 1. The first-order valence-corrected chi connectivity index (χ1v) is 8.79. The molecule has 0 radical (unpaired) electrons. The molecule has 128 valence electrons. The van der Waals surface area contributed by atoms with Crippen molar-refractivity contribution in [2.45, 2.75) is 39.7 Å². The summed E-state index contributed by atoms with van der Waals surface area (Å²) in [6, 6.07) is 1.70. The van der Waals surface area contributed by atoms with Crippen molar-refractivity contribution in [1.82, 2.24) is 15.3 Å². The lowest BCUT2D eigenvalue weighted by Crippen LogP contribution is -2.46. The highest BCUT2D eigenvalue weighted by atomic mass is 35.5. The molecule has 0 saturated heterocycles. The van der Waals surface area contributed by atoms with Crippen molar-refractivity contribution in [2.24, 2.45) is 23.2 Å². The average molecular weight is 350 g/mol. The highest BCUT2D eigenvalue weighted by Crippen LogP contribution is 2.58. The Morgan fingerprint density at radius 3 is 2.92 bits per heavy atom. The van der Waals surface area contributed by atoms with Crippen LogP contribution in [0.25, 0.3) is 10.9 Å². The van der Waals surface area contributed by atoms with Crippen LogP contribution in [0.1, 0.15) is 44.1 Å². The van der Waals surface area contributed by atoms with Crippen LogP contribution in [0.3, 0.4) is 0 Å². The molecule has 0 spiro atoms. The smallest absolute Gasteiger partial charge is 0.267 e. The SMILES string of the molecule is C[C@@H]1[C@@H](NC(=O)c2cc3c(F)c(Cl)ncc3[nH]2)C2C[C@@H]1C(C)(C)C2. The number of carbonyl (C=O) groups is 1. The van der Waals surface area contributed by atoms with Gasteiger partial charge in [-0.1, -0.05) is 32.4 Å². The van der Waals surface area contributed by atoms with Gasteiger partial charge in [0.2, 0.25) is 0 Å². The Bertz CT molecular complexity index is 829. The van der Waals surface area contributed by atoms with E-state index in [9.17, 15) is 9.18 Å². The third-order valence-electron chi connectivity index (χ3n) is 6.17. The number of fused-ring (bicyclic) bond motifs is 3. The maximum atomic E-state index is 14.0. The van der Waals surface area contributed by atoms with E-state index in [1.54, 1.807) is 0 Å². The predicted octanol–water partition coefficient (Wildman–Crippen LogP) is 4.16. The zero-order valence-electron chi connectivity index (χ0n) is 14.0. The second-order valence-corrected chi connectivity index (χ2v) is 8.38. The Kier molecular flexibility index (Phi) is 3.43. The standard InChI is InChI=1S/C18H21ClFN3O/c1-8-11-4-9(6-18(11,2)3)15(8)23-17(24)12-5-10-13(22-12)7-21-16(19)14(10)20/h5,7-9,11,15,22H,4,6H2,1-3H3,(H,23,24)/t8-,9?,11-,15+/m0/s1. The average Bonchev–Trinajstić information content (AvgIpc) is 3.16. The summed E-state index contributed by atoms with van der Waals surface area (Å²) in [7, 11) is 0. The number of H-pyrrole nitrogens is 1. The van der Waals surface area contributed by atoms with Crippen LogP contribution >= 0.6 is 11.6 Å². The summed E-state index contributed by atoms with van der Waals surface area (Å²) in [5.41, 5.74) is 1.18. The fraction of sp³-hybridized carbons (Fsp3) is 0.556. The number of nitrogens with one attached hydrogen (secondary N) is 2. The fourth-order valence-corrected chi connectivity index (χ4v) is 5.23. The molecule has 2 saturated carbocycles. The minimum atomic E-state index is -0.598. The molecule has 1 amide bonds. The van der Waals surface area contributed by atoms with Gasteiger partial charge in [-0.3, -0.25) is 4.79 Å². The lowest BCUT2D eigenvalue weighted by atomic mass is 9.70. The Morgan fingerprint density at radius 1 is 1.50 bits per heavy atom. The van der Waals surface area contributed by atoms with Gasteiger partial charge in [0.15, 0.2) is 11.0 Å². The van der Waals surface area contributed by atoms with E-state index < -0.39 is 5.82 Å². The number of hydrogen-bond acceptors (Lipinski definition) is 2. The van der Waals surface area contributed by atoms with Crippen molar-refractivity contribution >= 4 is 28.4 Å². The van der Waals surface area contributed by atoms with E-state index in [4.69, 9.17) is 11.6 Å². The topological polar surface area (TPSA) is 57.8 Å². The van der Waals surface area contributed by atoms with E-state index in [0.717, 1.165) is 6.42 Å². The molecule has 2 aromatic heterocycles. The molecule has 4 nitrogen and oxygen atoms in total. The van der Waals surface area contributed by atoms with Gasteiger partial charge < -0.3 is 10.3 Å². The molecular weight excluding hydrogens is 329 g/mol. The van der Waals surface area contributed by atoms with Gasteiger partial charge in [-0.25, -0.2) is 9.37 Å². The van der Waals surface area contributed by atoms with Crippen molar-refractivity contribution in [3.05, 3.63) is 28.9 Å². The summed E-state index contributed by atoms with van der Waals surface area (Å²) >= 11 is 5.70. The monoisotopic (exact) mass is 349 g/mol.